The number of carbonyl (C=O) groups excluding carboxylic acids is 1. The van der Waals surface area contributed by atoms with Gasteiger partial charge in [0, 0.05) is 19.3 Å². The van der Waals surface area contributed by atoms with Crippen LogP contribution in [0.5, 0.6) is 0 Å². The summed E-state index contributed by atoms with van der Waals surface area (Å²) in [6.07, 6.45) is 1.58. The summed E-state index contributed by atoms with van der Waals surface area (Å²) in [4.78, 5) is 26.6. The molecule has 25 heavy (non-hydrogen) atoms. The largest absolute Gasteiger partial charge is 0.339 e. The van der Waals surface area contributed by atoms with Gasteiger partial charge < -0.3 is 9.88 Å². The van der Waals surface area contributed by atoms with E-state index in [9.17, 15) is 4.79 Å². The minimum Gasteiger partial charge on any atom is -0.339 e. The van der Waals surface area contributed by atoms with Crippen molar-refractivity contribution in [1.29, 1.82) is 0 Å². The van der Waals surface area contributed by atoms with Gasteiger partial charge in [0.1, 0.15) is 5.69 Å². The summed E-state index contributed by atoms with van der Waals surface area (Å²) in [6, 6.07) is 9.65. The standard InChI is InChI=1S/C18H18N6O/c1-3-24(4-2)18(25)11-9-12-15(22-23-16(12)19-10-11)17-20-13-7-5-6-8-14(13)21-17/h5-10H,3-4H2,1-2H3,(H,20,21)(H,19,22,23). The Morgan fingerprint density at radius 3 is 2.76 bits per heavy atom. The maximum absolute atomic E-state index is 12.6. The van der Waals surface area contributed by atoms with Crippen LogP contribution in [0, 0.1) is 0 Å². The molecule has 0 aliphatic carbocycles. The number of hydrogen-bond donors (Lipinski definition) is 2. The van der Waals surface area contributed by atoms with Crippen molar-refractivity contribution in [3.05, 3.63) is 42.1 Å². The van der Waals surface area contributed by atoms with E-state index in [4.69, 9.17) is 0 Å². The Hall–Kier alpha value is -3.22. The molecule has 0 saturated carbocycles. The molecule has 7 nitrogen and oxygen atoms in total. The first kappa shape index (κ1) is 15.3. The lowest BCUT2D eigenvalue weighted by Gasteiger charge is -2.18. The third kappa shape index (κ3) is 2.53. The van der Waals surface area contributed by atoms with E-state index in [2.05, 4.69) is 25.1 Å². The fourth-order valence-corrected chi connectivity index (χ4v) is 2.96. The second-order valence-electron chi connectivity index (χ2n) is 5.77. The minimum absolute atomic E-state index is 0.0313. The Bertz CT molecular complexity index is 1030. The van der Waals surface area contributed by atoms with Gasteiger partial charge in [-0.2, -0.15) is 5.10 Å². The minimum atomic E-state index is -0.0313. The van der Waals surface area contributed by atoms with Crippen LogP contribution in [0.25, 0.3) is 33.6 Å². The lowest BCUT2D eigenvalue weighted by atomic mass is 10.1. The van der Waals surface area contributed by atoms with Crippen LogP contribution in [0.15, 0.2) is 36.5 Å². The fraction of sp³-hybridized carbons (Fsp3) is 0.222. The molecule has 4 rings (SSSR count). The number of aromatic nitrogens is 5. The second kappa shape index (κ2) is 6.01. The van der Waals surface area contributed by atoms with Gasteiger partial charge >= 0.3 is 0 Å². The predicted octanol–water partition coefficient (Wildman–Crippen LogP) is 2.98. The molecule has 2 N–H and O–H groups in total. The number of rotatable bonds is 4. The molecule has 0 spiro atoms. The van der Waals surface area contributed by atoms with E-state index in [-0.39, 0.29) is 5.91 Å². The lowest BCUT2D eigenvalue weighted by Crippen LogP contribution is -2.30. The Balaban J connectivity index is 1.82. The second-order valence-corrected chi connectivity index (χ2v) is 5.77. The van der Waals surface area contributed by atoms with E-state index in [1.54, 1.807) is 11.1 Å². The van der Waals surface area contributed by atoms with Crippen molar-refractivity contribution in [2.24, 2.45) is 0 Å². The number of carbonyl (C=O) groups is 1. The Morgan fingerprint density at radius 1 is 1.20 bits per heavy atom. The number of nitrogens with one attached hydrogen (secondary N) is 2. The molecule has 0 aliphatic heterocycles. The van der Waals surface area contributed by atoms with Crippen molar-refractivity contribution < 1.29 is 4.79 Å². The van der Waals surface area contributed by atoms with E-state index < -0.39 is 0 Å². The van der Waals surface area contributed by atoms with Crippen molar-refractivity contribution >= 4 is 28.0 Å². The third-order valence-corrected chi connectivity index (χ3v) is 4.33. The molecule has 0 fully saturated rings. The molecule has 0 bridgehead atoms. The van der Waals surface area contributed by atoms with Gasteiger partial charge in [-0.25, -0.2) is 9.97 Å². The number of aromatic amines is 2. The maximum Gasteiger partial charge on any atom is 0.255 e. The SMILES string of the molecule is CCN(CC)C(=O)c1cnc2n[nH]c(-c3nc4ccccc4[nH]3)c2c1. The average Bonchev–Trinajstić information content (AvgIpc) is 3.25. The van der Waals surface area contributed by atoms with Gasteiger partial charge in [-0.1, -0.05) is 12.1 Å². The number of nitrogens with zero attached hydrogens (tertiary/aromatic N) is 4. The van der Waals surface area contributed by atoms with Crippen LogP contribution in [-0.2, 0) is 0 Å². The predicted molar refractivity (Wildman–Crippen MR) is 96.2 cm³/mol. The van der Waals surface area contributed by atoms with Crippen LogP contribution in [-0.4, -0.2) is 49.0 Å². The van der Waals surface area contributed by atoms with Crippen molar-refractivity contribution in [2.75, 3.05) is 13.1 Å². The molecule has 0 saturated heterocycles. The zero-order valence-electron chi connectivity index (χ0n) is 14.1. The van der Waals surface area contributed by atoms with Gasteiger partial charge in [-0.15, -0.1) is 0 Å². The fourth-order valence-electron chi connectivity index (χ4n) is 2.96. The number of H-pyrrole nitrogens is 2. The van der Waals surface area contributed by atoms with Crippen molar-refractivity contribution in [3.8, 4) is 11.5 Å². The number of para-hydroxylation sites is 2. The van der Waals surface area contributed by atoms with Gasteiger partial charge in [0.15, 0.2) is 11.5 Å². The first-order chi connectivity index (χ1) is 12.2. The van der Waals surface area contributed by atoms with Crippen molar-refractivity contribution in [2.45, 2.75) is 13.8 Å². The molecular formula is C18H18N6O. The molecule has 126 valence electrons. The number of imidazole rings is 1. The Labute approximate surface area is 144 Å². The highest BCUT2D eigenvalue weighted by atomic mass is 16.2. The van der Waals surface area contributed by atoms with Crippen LogP contribution in [0.2, 0.25) is 0 Å². The quantitative estimate of drug-likeness (QED) is 0.600. The first-order valence-electron chi connectivity index (χ1n) is 8.29. The van der Waals surface area contributed by atoms with Crippen LogP contribution in [0.3, 0.4) is 0 Å². The van der Waals surface area contributed by atoms with Crippen LogP contribution < -0.4 is 0 Å². The first-order valence-corrected chi connectivity index (χ1v) is 8.29. The monoisotopic (exact) mass is 334 g/mol. The molecule has 3 aromatic heterocycles. The molecule has 0 aliphatic rings. The summed E-state index contributed by atoms with van der Waals surface area (Å²) in [6.45, 7) is 5.25. The molecule has 3 heterocycles. The van der Waals surface area contributed by atoms with Gasteiger partial charge in [0.2, 0.25) is 0 Å². The normalized spacial score (nSPS) is 11.3. The summed E-state index contributed by atoms with van der Waals surface area (Å²) in [5.74, 6) is 0.647. The molecule has 0 radical (unpaired) electrons. The number of benzene rings is 1. The molecule has 4 aromatic rings. The number of amides is 1. The Kier molecular flexibility index (Phi) is 3.68. The van der Waals surface area contributed by atoms with Crippen LogP contribution in [0.4, 0.5) is 0 Å². The van der Waals surface area contributed by atoms with Gasteiger partial charge in [-0.05, 0) is 32.0 Å². The van der Waals surface area contributed by atoms with Crippen LogP contribution >= 0.6 is 0 Å². The third-order valence-electron chi connectivity index (χ3n) is 4.33. The van der Waals surface area contributed by atoms with E-state index in [0.29, 0.717) is 30.1 Å². The van der Waals surface area contributed by atoms with Crippen molar-refractivity contribution in [1.82, 2.24) is 30.0 Å². The number of pyridine rings is 1. The van der Waals surface area contributed by atoms with Gasteiger partial charge in [0.05, 0.1) is 22.0 Å². The van der Waals surface area contributed by atoms with E-state index in [1.165, 1.54) is 0 Å². The molecule has 0 atom stereocenters. The summed E-state index contributed by atoms with van der Waals surface area (Å²) in [5.41, 5.74) is 3.67. The average molecular weight is 334 g/mol. The van der Waals surface area contributed by atoms with Crippen molar-refractivity contribution in [3.63, 3.8) is 0 Å². The van der Waals surface area contributed by atoms with Gasteiger partial charge in [-0.3, -0.25) is 9.89 Å². The highest BCUT2D eigenvalue weighted by Crippen LogP contribution is 2.26. The molecule has 1 amide bonds. The van der Waals surface area contributed by atoms with Gasteiger partial charge in [0.25, 0.3) is 5.91 Å². The maximum atomic E-state index is 12.6. The zero-order chi connectivity index (χ0) is 17.4. The topological polar surface area (TPSA) is 90.6 Å². The lowest BCUT2D eigenvalue weighted by molar-refractivity contribution is 0.0773. The van der Waals surface area contributed by atoms with E-state index in [0.717, 1.165) is 22.1 Å². The highest BCUT2D eigenvalue weighted by molar-refractivity contribution is 5.99. The summed E-state index contributed by atoms with van der Waals surface area (Å²) >= 11 is 0. The molecule has 0 unspecified atom stereocenters. The number of fused-ring (bicyclic) bond motifs is 2. The zero-order valence-corrected chi connectivity index (χ0v) is 14.1. The Morgan fingerprint density at radius 2 is 2.00 bits per heavy atom. The van der Waals surface area contributed by atoms with E-state index >= 15 is 0 Å². The highest BCUT2D eigenvalue weighted by Gasteiger charge is 2.17. The number of hydrogen-bond acceptors (Lipinski definition) is 4. The summed E-state index contributed by atoms with van der Waals surface area (Å²) < 4.78 is 0. The van der Waals surface area contributed by atoms with E-state index in [1.807, 2.05) is 44.2 Å². The molecule has 7 heteroatoms. The summed E-state index contributed by atoms with van der Waals surface area (Å²) in [7, 11) is 0. The molecule has 1 aromatic carbocycles. The molecular weight excluding hydrogens is 316 g/mol. The van der Waals surface area contributed by atoms with Crippen LogP contribution in [0.1, 0.15) is 24.2 Å². The summed E-state index contributed by atoms with van der Waals surface area (Å²) in [5, 5.41) is 7.99. The smallest absolute Gasteiger partial charge is 0.255 e.